The molecule has 0 amide bonds. The lowest BCUT2D eigenvalue weighted by Crippen LogP contribution is -1.97. The number of ether oxygens (including phenoxy) is 1. The molecule has 102 valence electrons. The maximum absolute atomic E-state index is 5.21. The average Bonchev–Trinajstić information content (AvgIpc) is 3.16. The van der Waals surface area contributed by atoms with Crippen molar-refractivity contribution in [2.75, 3.05) is 7.11 Å². The second kappa shape index (κ2) is 5.43. The molecule has 3 aromatic heterocycles. The van der Waals surface area contributed by atoms with Crippen LogP contribution in [-0.2, 0) is 4.74 Å². The smallest absolute Gasteiger partial charge is 0.269 e. The van der Waals surface area contributed by atoms with Gasteiger partial charge >= 0.3 is 0 Å². The summed E-state index contributed by atoms with van der Waals surface area (Å²) in [6.45, 7) is 1.85. The number of nitrogens with zero attached hydrogens (tertiary/aromatic N) is 5. The Balaban J connectivity index is 1.89. The maximum Gasteiger partial charge on any atom is 0.269 e. The first-order chi connectivity index (χ1) is 9.78. The molecule has 0 aliphatic heterocycles. The van der Waals surface area contributed by atoms with Gasteiger partial charge in [-0.25, -0.2) is 15.0 Å². The molecule has 0 saturated carbocycles. The molecule has 0 aliphatic carbocycles. The van der Waals surface area contributed by atoms with Crippen LogP contribution in [-0.4, -0.2) is 32.2 Å². The molecule has 0 aromatic carbocycles. The van der Waals surface area contributed by atoms with Crippen LogP contribution in [0.2, 0.25) is 0 Å². The maximum atomic E-state index is 5.21. The van der Waals surface area contributed by atoms with E-state index in [0.29, 0.717) is 22.5 Å². The Morgan fingerprint density at radius 2 is 2.05 bits per heavy atom. The van der Waals surface area contributed by atoms with Gasteiger partial charge in [-0.2, -0.15) is 4.98 Å². The Morgan fingerprint density at radius 3 is 2.80 bits per heavy atom. The molecule has 3 aromatic rings. The highest BCUT2D eigenvalue weighted by molar-refractivity contribution is 7.18. The van der Waals surface area contributed by atoms with E-state index in [4.69, 9.17) is 9.26 Å². The van der Waals surface area contributed by atoms with Gasteiger partial charge in [0.25, 0.3) is 5.89 Å². The number of rotatable bonds is 4. The highest BCUT2D eigenvalue weighted by Crippen LogP contribution is 2.29. The molecule has 0 fully saturated rings. The number of hydrogen-bond donors (Lipinski definition) is 0. The first-order valence-corrected chi connectivity index (χ1v) is 6.69. The van der Waals surface area contributed by atoms with E-state index in [9.17, 15) is 0 Å². The second-order valence-electron chi connectivity index (χ2n) is 3.94. The average molecular weight is 289 g/mol. The van der Waals surface area contributed by atoms with Crippen LogP contribution in [0.3, 0.4) is 0 Å². The van der Waals surface area contributed by atoms with E-state index in [1.54, 1.807) is 31.8 Å². The van der Waals surface area contributed by atoms with Gasteiger partial charge in [-0.3, -0.25) is 0 Å². The van der Waals surface area contributed by atoms with Crippen molar-refractivity contribution in [1.82, 2.24) is 25.1 Å². The first-order valence-electron chi connectivity index (χ1n) is 5.88. The van der Waals surface area contributed by atoms with Crippen molar-refractivity contribution in [3.63, 3.8) is 0 Å². The molecule has 1 atom stereocenters. The molecule has 8 heteroatoms. The van der Waals surface area contributed by atoms with Crippen LogP contribution in [0, 0.1) is 0 Å². The molecule has 3 heterocycles. The van der Waals surface area contributed by atoms with Gasteiger partial charge < -0.3 is 9.26 Å². The summed E-state index contributed by atoms with van der Waals surface area (Å²) in [5.41, 5.74) is 0. The summed E-state index contributed by atoms with van der Waals surface area (Å²) in [5, 5.41) is 4.59. The molecule has 0 saturated heterocycles. The largest absolute Gasteiger partial charge is 0.374 e. The van der Waals surface area contributed by atoms with Crippen molar-refractivity contribution in [3.05, 3.63) is 30.5 Å². The SMILES string of the molecule is CO[C@@H](C)c1noc(-c2cnc(-c3ncccn3)s2)n1. The lowest BCUT2D eigenvalue weighted by atomic mass is 10.4. The van der Waals surface area contributed by atoms with Crippen molar-refractivity contribution in [2.24, 2.45) is 0 Å². The molecule has 0 radical (unpaired) electrons. The quantitative estimate of drug-likeness (QED) is 0.728. The van der Waals surface area contributed by atoms with E-state index < -0.39 is 0 Å². The van der Waals surface area contributed by atoms with Crippen molar-refractivity contribution in [1.29, 1.82) is 0 Å². The van der Waals surface area contributed by atoms with E-state index in [-0.39, 0.29) is 6.10 Å². The fraction of sp³-hybridized carbons (Fsp3) is 0.250. The molecule has 7 nitrogen and oxygen atoms in total. The summed E-state index contributed by atoms with van der Waals surface area (Å²) >= 11 is 1.40. The fourth-order valence-corrected chi connectivity index (χ4v) is 2.28. The summed E-state index contributed by atoms with van der Waals surface area (Å²) in [6.07, 6.45) is 4.81. The summed E-state index contributed by atoms with van der Waals surface area (Å²) in [7, 11) is 1.60. The van der Waals surface area contributed by atoms with Gasteiger partial charge in [0.05, 0.1) is 6.20 Å². The summed E-state index contributed by atoms with van der Waals surface area (Å²) < 4.78 is 10.4. The number of thiazole rings is 1. The second-order valence-corrected chi connectivity index (χ2v) is 4.97. The Bertz CT molecular complexity index is 697. The van der Waals surface area contributed by atoms with Gasteiger partial charge in [0.15, 0.2) is 10.8 Å². The van der Waals surface area contributed by atoms with Crippen molar-refractivity contribution < 1.29 is 9.26 Å². The highest BCUT2D eigenvalue weighted by atomic mass is 32.1. The fourth-order valence-electron chi connectivity index (χ4n) is 1.49. The van der Waals surface area contributed by atoms with Gasteiger partial charge in [0.2, 0.25) is 5.82 Å². The van der Waals surface area contributed by atoms with Crippen LogP contribution in [0.1, 0.15) is 18.9 Å². The monoisotopic (exact) mass is 289 g/mol. The minimum Gasteiger partial charge on any atom is -0.374 e. The number of aromatic nitrogens is 5. The lowest BCUT2D eigenvalue weighted by molar-refractivity contribution is 0.109. The standard InChI is InChI=1S/C12H11N5O2S/c1-7(18-2)9-16-11(19-17-9)8-6-15-12(20-8)10-13-4-3-5-14-10/h3-7H,1-2H3/t7-/m0/s1. The normalized spacial score (nSPS) is 12.5. The van der Waals surface area contributed by atoms with Gasteiger partial charge in [0, 0.05) is 19.5 Å². The Morgan fingerprint density at radius 1 is 1.25 bits per heavy atom. The van der Waals surface area contributed by atoms with E-state index >= 15 is 0 Å². The summed E-state index contributed by atoms with van der Waals surface area (Å²) in [4.78, 5) is 17.6. The number of methoxy groups -OCH3 is 1. The van der Waals surface area contributed by atoms with Gasteiger partial charge in [-0.1, -0.05) is 5.16 Å². The molecule has 0 N–H and O–H groups in total. The van der Waals surface area contributed by atoms with Crippen molar-refractivity contribution in [3.8, 4) is 21.6 Å². The van der Waals surface area contributed by atoms with Gasteiger partial charge in [0.1, 0.15) is 11.0 Å². The van der Waals surface area contributed by atoms with Gasteiger partial charge in [-0.05, 0) is 13.0 Å². The van der Waals surface area contributed by atoms with Gasteiger partial charge in [-0.15, -0.1) is 11.3 Å². The zero-order chi connectivity index (χ0) is 13.9. The summed E-state index contributed by atoms with van der Waals surface area (Å²) in [6, 6.07) is 1.76. The third-order valence-corrected chi connectivity index (χ3v) is 3.61. The Hall–Kier alpha value is -2.19. The zero-order valence-electron chi connectivity index (χ0n) is 10.8. The van der Waals surface area contributed by atoms with Crippen LogP contribution < -0.4 is 0 Å². The van der Waals surface area contributed by atoms with Crippen molar-refractivity contribution in [2.45, 2.75) is 13.0 Å². The van der Waals surface area contributed by atoms with E-state index in [1.807, 2.05) is 6.92 Å². The Kier molecular flexibility index (Phi) is 3.48. The van der Waals surface area contributed by atoms with Crippen LogP contribution in [0.15, 0.2) is 29.2 Å². The number of hydrogen-bond acceptors (Lipinski definition) is 8. The summed E-state index contributed by atoms with van der Waals surface area (Å²) in [5.74, 6) is 1.51. The molecule has 20 heavy (non-hydrogen) atoms. The highest BCUT2D eigenvalue weighted by Gasteiger charge is 2.17. The van der Waals surface area contributed by atoms with Crippen LogP contribution in [0.25, 0.3) is 21.6 Å². The minimum absolute atomic E-state index is 0.211. The molecule has 0 unspecified atom stereocenters. The van der Waals surface area contributed by atoms with E-state index in [2.05, 4.69) is 25.1 Å². The predicted octanol–water partition coefficient (Wildman–Crippen LogP) is 2.36. The molecular formula is C12H11N5O2S. The van der Waals surface area contributed by atoms with Crippen molar-refractivity contribution >= 4 is 11.3 Å². The first kappa shape index (κ1) is 12.8. The van der Waals surface area contributed by atoms with Crippen LogP contribution in [0.5, 0.6) is 0 Å². The molecule has 0 bridgehead atoms. The lowest BCUT2D eigenvalue weighted by Gasteiger charge is -2.00. The molecule has 3 rings (SSSR count). The van der Waals surface area contributed by atoms with E-state index in [0.717, 1.165) is 4.88 Å². The molecule has 0 aliphatic rings. The topological polar surface area (TPSA) is 86.8 Å². The van der Waals surface area contributed by atoms with E-state index in [1.165, 1.54) is 11.3 Å². The van der Waals surface area contributed by atoms with Crippen LogP contribution >= 0.6 is 11.3 Å². The minimum atomic E-state index is -0.211. The molecular weight excluding hydrogens is 278 g/mol. The predicted molar refractivity (Wildman–Crippen MR) is 71.9 cm³/mol. The molecule has 0 spiro atoms. The third kappa shape index (κ3) is 2.43. The Labute approximate surface area is 118 Å². The zero-order valence-corrected chi connectivity index (χ0v) is 11.7. The third-order valence-electron chi connectivity index (χ3n) is 2.63. The van der Waals surface area contributed by atoms with Crippen LogP contribution in [0.4, 0.5) is 0 Å².